The molecule has 22 heavy (non-hydrogen) atoms. The topological polar surface area (TPSA) is 20.2 Å². The molecule has 0 amide bonds. The van der Waals surface area contributed by atoms with Crippen LogP contribution >= 0.6 is 15.9 Å². The van der Waals surface area contributed by atoms with Crippen molar-refractivity contribution in [2.24, 2.45) is 0 Å². The molecule has 3 aromatic carbocycles. The number of hydrogen-bond acceptors (Lipinski definition) is 1. The number of benzene rings is 3. The number of hydrogen-bond donors (Lipinski definition) is 1. The van der Waals surface area contributed by atoms with Crippen molar-refractivity contribution in [3.05, 3.63) is 99.5 Å². The third kappa shape index (κ3) is 3.58. The predicted octanol–water partition coefficient (Wildman–Crippen LogP) is 5.34. The molecule has 0 fully saturated rings. The maximum absolute atomic E-state index is 10.6. The SMILES string of the molecule is Oc1c(Cc2ccccc2)cc(Br)cc1Cc1ccccc1. The summed E-state index contributed by atoms with van der Waals surface area (Å²) < 4.78 is 1.00. The number of aromatic hydroxyl groups is 1. The maximum atomic E-state index is 10.6. The molecule has 0 unspecified atom stereocenters. The average Bonchev–Trinajstić information content (AvgIpc) is 2.54. The zero-order valence-electron chi connectivity index (χ0n) is 12.2. The van der Waals surface area contributed by atoms with E-state index in [9.17, 15) is 5.11 Å². The molecule has 3 aromatic rings. The van der Waals surface area contributed by atoms with Gasteiger partial charge in [-0.15, -0.1) is 0 Å². The quantitative estimate of drug-likeness (QED) is 0.672. The van der Waals surface area contributed by atoms with Crippen molar-refractivity contribution in [2.75, 3.05) is 0 Å². The third-order valence-electron chi connectivity index (χ3n) is 3.71. The summed E-state index contributed by atoms with van der Waals surface area (Å²) in [6.45, 7) is 0. The first-order valence-electron chi connectivity index (χ1n) is 7.30. The summed E-state index contributed by atoms with van der Waals surface area (Å²) in [6.07, 6.45) is 1.46. The van der Waals surface area contributed by atoms with E-state index < -0.39 is 0 Å². The van der Waals surface area contributed by atoms with E-state index in [1.54, 1.807) is 0 Å². The van der Waals surface area contributed by atoms with Crippen LogP contribution in [0.1, 0.15) is 22.3 Å². The van der Waals surface area contributed by atoms with E-state index in [4.69, 9.17) is 0 Å². The molecular formula is C20H17BrO. The zero-order valence-corrected chi connectivity index (χ0v) is 13.8. The van der Waals surface area contributed by atoms with Gasteiger partial charge in [-0.2, -0.15) is 0 Å². The molecule has 1 N–H and O–H groups in total. The van der Waals surface area contributed by atoms with Gasteiger partial charge < -0.3 is 5.11 Å². The molecule has 0 radical (unpaired) electrons. The van der Waals surface area contributed by atoms with Crippen LogP contribution in [0.25, 0.3) is 0 Å². The summed E-state index contributed by atoms with van der Waals surface area (Å²) in [5.74, 6) is 0.399. The summed E-state index contributed by atoms with van der Waals surface area (Å²) in [5, 5.41) is 10.6. The summed E-state index contributed by atoms with van der Waals surface area (Å²) in [7, 11) is 0. The molecule has 1 nitrogen and oxygen atoms in total. The Morgan fingerprint density at radius 2 is 1.09 bits per heavy atom. The van der Waals surface area contributed by atoms with Gasteiger partial charge in [0.25, 0.3) is 0 Å². The van der Waals surface area contributed by atoms with Crippen LogP contribution in [0, 0.1) is 0 Å². The highest BCUT2D eigenvalue weighted by Crippen LogP contribution is 2.31. The van der Waals surface area contributed by atoms with E-state index in [1.807, 2.05) is 48.5 Å². The smallest absolute Gasteiger partial charge is 0.122 e. The largest absolute Gasteiger partial charge is 0.507 e. The van der Waals surface area contributed by atoms with Gasteiger partial charge in [0, 0.05) is 17.3 Å². The van der Waals surface area contributed by atoms with Gasteiger partial charge in [0.05, 0.1) is 0 Å². The highest BCUT2D eigenvalue weighted by atomic mass is 79.9. The van der Waals surface area contributed by atoms with Gasteiger partial charge in [0.2, 0.25) is 0 Å². The van der Waals surface area contributed by atoms with Gasteiger partial charge in [-0.25, -0.2) is 0 Å². The maximum Gasteiger partial charge on any atom is 0.122 e. The van der Waals surface area contributed by atoms with Crippen molar-refractivity contribution >= 4 is 15.9 Å². The van der Waals surface area contributed by atoms with Crippen LogP contribution < -0.4 is 0 Å². The van der Waals surface area contributed by atoms with Crippen LogP contribution in [0.4, 0.5) is 0 Å². The fraction of sp³-hybridized carbons (Fsp3) is 0.100. The van der Waals surface area contributed by atoms with Crippen LogP contribution in [-0.4, -0.2) is 5.11 Å². The number of phenolic OH excluding ortho intramolecular Hbond substituents is 1. The molecule has 110 valence electrons. The van der Waals surface area contributed by atoms with Crippen LogP contribution in [0.5, 0.6) is 5.75 Å². The van der Waals surface area contributed by atoms with Crippen molar-refractivity contribution in [3.63, 3.8) is 0 Å². The Hall–Kier alpha value is -2.06. The Morgan fingerprint density at radius 3 is 1.50 bits per heavy atom. The lowest BCUT2D eigenvalue weighted by molar-refractivity contribution is 0.463. The normalized spacial score (nSPS) is 10.6. The van der Waals surface area contributed by atoms with Gasteiger partial charge in [-0.05, 0) is 34.4 Å². The Balaban J connectivity index is 1.92. The van der Waals surface area contributed by atoms with E-state index in [2.05, 4.69) is 40.2 Å². The lowest BCUT2D eigenvalue weighted by Gasteiger charge is -2.12. The van der Waals surface area contributed by atoms with E-state index in [0.717, 1.165) is 28.4 Å². The summed E-state index contributed by atoms with van der Waals surface area (Å²) in [5.41, 5.74) is 4.29. The molecule has 0 spiro atoms. The summed E-state index contributed by atoms with van der Waals surface area (Å²) in [6, 6.07) is 24.4. The highest BCUT2D eigenvalue weighted by Gasteiger charge is 2.10. The van der Waals surface area contributed by atoms with Gasteiger partial charge >= 0.3 is 0 Å². The zero-order chi connectivity index (χ0) is 15.4. The van der Waals surface area contributed by atoms with Crippen molar-refractivity contribution in [1.29, 1.82) is 0 Å². The molecule has 0 bridgehead atoms. The minimum atomic E-state index is 0.399. The molecule has 0 aliphatic heterocycles. The molecular weight excluding hydrogens is 336 g/mol. The monoisotopic (exact) mass is 352 g/mol. The fourth-order valence-corrected chi connectivity index (χ4v) is 3.17. The molecule has 3 rings (SSSR count). The van der Waals surface area contributed by atoms with E-state index >= 15 is 0 Å². The van der Waals surface area contributed by atoms with Gasteiger partial charge in [0.15, 0.2) is 0 Å². The molecule has 0 saturated heterocycles. The standard InChI is InChI=1S/C20H17BrO/c21-19-13-17(11-15-7-3-1-4-8-15)20(22)18(14-19)12-16-9-5-2-6-10-16/h1-10,13-14,22H,11-12H2. The first kappa shape index (κ1) is 14.9. The minimum absolute atomic E-state index is 0.399. The molecule has 0 atom stereocenters. The molecule has 0 aliphatic carbocycles. The van der Waals surface area contributed by atoms with Gasteiger partial charge in [-0.3, -0.25) is 0 Å². The molecule has 0 aromatic heterocycles. The van der Waals surface area contributed by atoms with Crippen LogP contribution in [0.2, 0.25) is 0 Å². The number of rotatable bonds is 4. The van der Waals surface area contributed by atoms with E-state index in [0.29, 0.717) is 5.75 Å². The third-order valence-corrected chi connectivity index (χ3v) is 4.17. The Bertz CT molecular complexity index is 689. The second-order valence-electron chi connectivity index (χ2n) is 5.40. The highest BCUT2D eigenvalue weighted by molar-refractivity contribution is 9.10. The van der Waals surface area contributed by atoms with Crippen molar-refractivity contribution in [2.45, 2.75) is 12.8 Å². The lowest BCUT2D eigenvalue weighted by atomic mass is 9.98. The Labute approximate surface area is 139 Å². The van der Waals surface area contributed by atoms with E-state index in [-0.39, 0.29) is 0 Å². The van der Waals surface area contributed by atoms with Crippen molar-refractivity contribution in [1.82, 2.24) is 0 Å². The molecule has 0 aliphatic rings. The first-order chi connectivity index (χ1) is 10.7. The van der Waals surface area contributed by atoms with Crippen molar-refractivity contribution in [3.8, 4) is 5.75 Å². The number of halogens is 1. The van der Waals surface area contributed by atoms with E-state index in [1.165, 1.54) is 11.1 Å². The second-order valence-corrected chi connectivity index (χ2v) is 6.31. The Kier molecular flexibility index (Phi) is 4.59. The average molecular weight is 353 g/mol. The Morgan fingerprint density at radius 1 is 0.682 bits per heavy atom. The summed E-state index contributed by atoms with van der Waals surface area (Å²) in [4.78, 5) is 0. The second kappa shape index (κ2) is 6.80. The number of phenols is 1. The summed E-state index contributed by atoms with van der Waals surface area (Å²) >= 11 is 3.56. The van der Waals surface area contributed by atoms with Gasteiger partial charge in [0.1, 0.15) is 5.75 Å². The van der Waals surface area contributed by atoms with Crippen LogP contribution in [0.15, 0.2) is 77.3 Å². The predicted molar refractivity (Wildman–Crippen MR) is 94.3 cm³/mol. The van der Waals surface area contributed by atoms with Gasteiger partial charge in [-0.1, -0.05) is 76.6 Å². The fourth-order valence-electron chi connectivity index (χ4n) is 2.62. The minimum Gasteiger partial charge on any atom is -0.507 e. The molecule has 0 saturated carbocycles. The molecule has 0 heterocycles. The van der Waals surface area contributed by atoms with Crippen LogP contribution in [-0.2, 0) is 12.8 Å². The van der Waals surface area contributed by atoms with Crippen molar-refractivity contribution < 1.29 is 5.11 Å². The lowest BCUT2D eigenvalue weighted by Crippen LogP contribution is -1.95. The molecule has 2 heteroatoms. The first-order valence-corrected chi connectivity index (χ1v) is 8.10. The van der Waals surface area contributed by atoms with Crippen LogP contribution in [0.3, 0.4) is 0 Å².